The first-order valence-electron chi connectivity index (χ1n) is 7.33. The van der Waals surface area contributed by atoms with Gasteiger partial charge in [0.15, 0.2) is 11.6 Å². The number of halogens is 2. The second-order valence-corrected chi connectivity index (χ2v) is 5.46. The average molecular weight is 304 g/mol. The Balaban J connectivity index is 1.63. The summed E-state index contributed by atoms with van der Waals surface area (Å²) in [6.07, 6.45) is 0. The maximum Gasteiger partial charge on any atom is 0.163 e. The van der Waals surface area contributed by atoms with Crippen LogP contribution in [0.2, 0.25) is 0 Å². The first kappa shape index (κ1) is 14.8. The van der Waals surface area contributed by atoms with Gasteiger partial charge >= 0.3 is 0 Å². The number of piperazine rings is 1. The molecule has 2 aromatic rings. The molecule has 0 bridgehead atoms. The summed E-state index contributed by atoms with van der Waals surface area (Å²) in [5, 5.41) is 9.88. The predicted octanol–water partition coefficient (Wildman–Crippen LogP) is 2.99. The molecule has 0 aromatic heterocycles. The lowest BCUT2D eigenvalue weighted by Crippen LogP contribution is -2.46. The molecule has 5 heteroatoms. The first-order valence-corrected chi connectivity index (χ1v) is 7.33. The molecule has 2 aromatic carbocycles. The Morgan fingerprint density at radius 1 is 0.909 bits per heavy atom. The summed E-state index contributed by atoms with van der Waals surface area (Å²) in [5.74, 6) is -1.29. The van der Waals surface area contributed by atoms with E-state index in [0.29, 0.717) is 12.1 Å². The highest BCUT2D eigenvalue weighted by molar-refractivity contribution is 5.57. The second kappa shape index (κ2) is 6.32. The number of hydrogen-bond acceptors (Lipinski definition) is 3. The molecule has 0 amide bonds. The van der Waals surface area contributed by atoms with Crippen LogP contribution >= 0.6 is 0 Å². The molecule has 3 nitrogen and oxygen atoms in total. The van der Waals surface area contributed by atoms with E-state index in [1.807, 2.05) is 12.1 Å². The van der Waals surface area contributed by atoms with Gasteiger partial charge in [-0.1, -0.05) is 24.3 Å². The Morgan fingerprint density at radius 2 is 1.64 bits per heavy atom. The van der Waals surface area contributed by atoms with Gasteiger partial charge in [-0.3, -0.25) is 4.90 Å². The minimum absolute atomic E-state index is 0.270. The highest BCUT2D eigenvalue weighted by Gasteiger charge is 2.20. The van der Waals surface area contributed by atoms with Crippen LogP contribution in [0.1, 0.15) is 5.56 Å². The van der Waals surface area contributed by atoms with Gasteiger partial charge in [0.05, 0.1) is 5.69 Å². The third kappa shape index (κ3) is 3.04. The van der Waals surface area contributed by atoms with Crippen molar-refractivity contribution in [1.29, 1.82) is 0 Å². The van der Waals surface area contributed by atoms with Crippen LogP contribution in [-0.2, 0) is 6.54 Å². The van der Waals surface area contributed by atoms with E-state index in [1.54, 1.807) is 18.2 Å². The highest BCUT2D eigenvalue weighted by atomic mass is 19.2. The van der Waals surface area contributed by atoms with Gasteiger partial charge in [0.2, 0.25) is 0 Å². The predicted molar refractivity (Wildman–Crippen MR) is 82.0 cm³/mol. The van der Waals surface area contributed by atoms with Crippen molar-refractivity contribution in [3.05, 3.63) is 59.7 Å². The van der Waals surface area contributed by atoms with Gasteiger partial charge in [-0.25, -0.2) is 8.78 Å². The first-order chi connectivity index (χ1) is 10.6. The van der Waals surface area contributed by atoms with Crippen LogP contribution in [0.15, 0.2) is 42.5 Å². The number of rotatable bonds is 3. The van der Waals surface area contributed by atoms with E-state index in [0.717, 1.165) is 37.9 Å². The Kier molecular flexibility index (Phi) is 4.24. The molecular weight excluding hydrogens is 286 g/mol. The van der Waals surface area contributed by atoms with E-state index in [4.69, 9.17) is 0 Å². The van der Waals surface area contributed by atoms with Gasteiger partial charge in [-0.2, -0.15) is 0 Å². The lowest BCUT2D eigenvalue weighted by atomic mass is 10.1. The van der Waals surface area contributed by atoms with Gasteiger partial charge < -0.3 is 10.0 Å². The molecule has 0 radical (unpaired) electrons. The molecule has 22 heavy (non-hydrogen) atoms. The number of nitrogens with zero attached hydrogens (tertiary/aromatic N) is 2. The van der Waals surface area contributed by atoms with Crippen molar-refractivity contribution in [2.45, 2.75) is 6.54 Å². The fourth-order valence-electron chi connectivity index (χ4n) is 2.79. The zero-order valence-electron chi connectivity index (χ0n) is 12.2. The van der Waals surface area contributed by atoms with Crippen LogP contribution in [0, 0.1) is 11.6 Å². The van der Waals surface area contributed by atoms with Crippen LogP contribution in [0.25, 0.3) is 0 Å². The molecule has 1 saturated heterocycles. The molecule has 3 rings (SSSR count). The largest absolute Gasteiger partial charge is 0.506 e. The third-order valence-electron chi connectivity index (χ3n) is 4.02. The number of hydrogen-bond donors (Lipinski definition) is 1. The standard InChI is InChI=1S/C17H18F2N2O/c18-14-5-3-4-13(17(14)19)12-20-8-10-21(11-9-20)15-6-1-2-7-16(15)22/h1-7,22H,8-12H2. The zero-order valence-corrected chi connectivity index (χ0v) is 12.2. The molecule has 0 saturated carbocycles. The Labute approximate surface area is 128 Å². The van der Waals surface area contributed by atoms with Crippen LogP contribution in [0.5, 0.6) is 5.75 Å². The summed E-state index contributed by atoms with van der Waals surface area (Å²) in [6, 6.07) is 11.5. The number of aromatic hydroxyl groups is 1. The van der Waals surface area contributed by atoms with Crippen LogP contribution < -0.4 is 4.90 Å². The fraction of sp³-hybridized carbons (Fsp3) is 0.294. The number of para-hydroxylation sites is 2. The molecule has 1 fully saturated rings. The minimum Gasteiger partial charge on any atom is -0.506 e. The molecule has 0 aliphatic carbocycles. The maximum absolute atomic E-state index is 13.7. The van der Waals surface area contributed by atoms with Crippen molar-refractivity contribution in [2.24, 2.45) is 0 Å². The Morgan fingerprint density at radius 3 is 2.36 bits per heavy atom. The van der Waals surface area contributed by atoms with E-state index in [9.17, 15) is 13.9 Å². The maximum atomic E-state index is 13.7. The number of phenols is 1. The van der Waals surface area contributed by atoms with Gasteiger partial charge in [-0.15, -0.1) is 0 Å². The molecule has 116 valence electrons. The van der Waals surface area contributed by atoms with Crippen LogP contribution in [0.3, 0.4) is 0 Å². The third-order valence-corrected chi connectivity index (χ3v) is 4.02. The average Bonchev–Trinajstić information content (AvgIpc) is 2.53. The molecule has 1 aliphatic heterocycles. The summed E-state index contributed by atoms with van der Waals surface area (Å²) in [5.41, 5.74) is 1.20. The van der Waals surface area contributed by atoms with Gasteiger partial charge in [0, 0.05) is 38.3 Å². The number of anilines is 1. The van der Waals surface area contributed by atoms with Gasteiger partial charge in [0.25, 0.3) is 0 Å². The van der Waals surface area contributed by atoms with Crippen molar-refractivity contribution in [2.75, 3.05) is 31.1 Å². The van der Waals surface area contributed by atoms with E-state index < -0.39 is 11.6 Å². The summed E-state index contributed by atoms with van der Waals surface area (Å²) in [7, 11) is 0. The van der Waals surface area contributed by atoms with E-state index in [2.05, 4.69) is 9.80 Å². The summed E-state index contributed by atoms with van der Waals surface area (Å²) in [6.45, 7) is 3.37. The van der Waals surface area contributed by atoms with Crippen LogP contribution in [-0.4, -0.2) is 36.2 Å². The van der Waals surface area contributed by atoms with E-state index in [1.165, 1.54) is 6.07 Å². The van der Waals surface area contributed by atoms with Crippen molar-refractivity contribution in [1.82, 2.24) is 4.90 Å². The lowest BCUT2D eigenvalue weighted by molar-refractivity contribution is 0.245. The van der Waals surface area contributed by atoms with E-state index >= 15 is 0 Å². The smallest absolute Gasteiger partial charge is 0.163 e. The molecule has 1 aliphatic rings. The van der Waals surface area contributed by atoms with Crippen molar-refractivity contribution in [3.63, 3.8) is 0 Å². The topological polar surface area (TPSA) is 26.7 Å². The molecule has 0 spiro atoms. The monoisotopic (exact) mass is 304 g/mol. The normalized spacial score (nSPS) is 16.0. The molecule has 1 heterocycles. The van der Waals surface area contributed by atoms with Gasteiger partial charge in [0.1, 0.15) is 5.75 Å². The fourth-order valence-corrected chi connectivity index (χ4v) is 2.79. The van der Waals surface area contributed by atoms with Crippen LogP contribution in [0.4, 0.5) is 14.5 Å². The molecule has 1 N–H and O–H groups in total. The lowest BCUT2D eigenvalue weighted by Gasteiger charge is -2.36. The van der Waals surface area contributed by atoms with Crippen molar-refractivity contribution in [3.8, 4) is 5.75 Å². The van der Waals surface area contributed by atoms with Crippen molar-refractivity contribution < 1.29 is 13.9 Å². The van der Waals surface area contributed by atoms with E-state index in [-0.39, 0.29) is 5.75 Å². The minimum atomic E-state index is -0.801. The highest BCUT2D eigenvalue weighted by Crippen LogP contribution is 2.27. The molecule has 0 atom stereocenters. The zero-order chi connectivity index (χ0) is 15.5. The quantitative estimate of drug-likeness (QED) is 0.944. The summed E-state index contributed by atoms with van der Waals surface area (Å²) in [4.78, 5) is 4.20. The molecule has 0 unspecified atom stereocenters. The second-order valence-electron chi connectivity index (χ2n) is 5.46. The van der Waals surface area contributed by atoms with Gasteiger partial charge in [-0.05, 0) is 18.2 Å². The summed E-state index contributed by atoms with van der Waals surface area (Å²) < 4.78 is 26.9. The summed E-state index contributed by atoms with van der Waals surface area (Å²) >= 11 is 0. The Bertz CT molecular complexity index is 655. The number of benzene rings is 2. The molecular formula is C17H18F2N2O. The Hall–Kier alpha value is -2.14. The number of phenolic OH excluding ortho intramolecular Hbond substituents is 1. The van der Waals surface area contributed by atoms with Crippen molar-refractivity contribution >= 4 is 5.69 Å². The SMILES string of the molecule is Oc1ccccc1N1CCN(Cc2cccc(F)c2F)CC1.